The average molecular weight is 549 g/mol. The molecular weight excluding hydrogens is 496 g/mol. The van der Waals surface area contributed by atoms with Crippen LogP contribution in [0.3, 0.4) is 0 Å². The largest absolute Gasteiger partial charge is 0.508 e. The molecule has 4 nitrogen and oxygen atoms in total. The lowest BCUT2D eigenvalue weighted by Gasteiger charge is -2.28. The molecule has 220 valence electrons. The molecule has 1 aromatic carbocycles. The zero-order chi connectivity index (χ0) is 31.4. The van der Waals surface area contributed by atoms with Crippen LogP contribution in [0.5, 0.6) is 5.75 Å². The Balaban J connectivity index is 3.14. The number of aromatic hydroxyl groups is 1. The smallest absolute Gasteiger partial charge is 0.163 e. The molecule has 0 aliphatic carbocycles. The highest BCUT2D eigenvalue weighted by atomic mass is 16.3. The van der Waals surface area contributed by atoms with Gasteiger partial charge < -0.3 is 10.2 Å². The summed E-state index contributed by atoms with van der Waals surface area (Å²) in [7, 11) is 0. The summed E-state index contributed by atoms with van der Waals surface area (Å²) < 4.78 is 0. The molecule has 0 atom stereocenters. The van der Waals surface area contributed by atoms with Crippen LogP contribution in [-0.4, -0.2) is 21.8 Å². The van der Waals surface area contributed by atoms with Crippen molar-refractivity contribution >= 4 is 17.6 Å². The first-order chi connectivity index (χ1) is 17.9. The normalized spacial score (nSPS) is 14.6. The van der Waals surface area contributed by atoms with Gasteiger partial charge >= 0.3 is 0 Å². The lowest BCUT2D eigenvalue weighted by molar-refractivity contribution is -0.121. The van der Waals surface area contributed by atoms with Crippen molar-refractivity contribution in [2.75, 3.05) is 0 Å². The van der Waals surface area contributed by atoms with E-state index in [1.165, 1.54) is 12.2 Å². The van der Waals surface area contributed by atoms with Gasteiger partial charge in [-0.25, -0.2) is 0 Å². The van der Waals surface area contributed by atoms with Crippen LogP contribution in [0.2, 0.25) is 0 Å². The lowest BCUT2D eigenvalue weighted by atomic mass is 9.78. The fourth-order valence-electron chi connectivity index (χ4n) is 4.01. The van der Waals surface area contributed by atoms with E-state index in [4.69, 9.17) is 0 Å². The molecule has 0 amide bonds. The zero-order valence-corrected chi connectivity index (χ0v) is 27.2. The number of carbonyl (C=O) groups is 2. The standard InChI is InChI=1S/C36H52O4/c1-23(19-28(34(6,7)8)31(39)24(2)33(3,4)5)15-17-26(37)22-27(38)18-16-25-20-29(35(9,10)11)32(40)30(21-25)36(12,13)14/h15-21,39-40H,1,22H2,2-14H3/b17-15+,18-16+,28-19+,31-24-. The van der Waals surface area contributed by atoms with Crippen molar-refractivity contribution in [2.45, 2.75) is 107 Å². The number of phenolic OH excluding ortho intramolecular Hbond substituents is 1. The van der Waals surface area contributed by atoms with E-state index >= 15 is 0 Å². The van der Waals surface area contributed by atoms with Gasteiger partial charge in [0.15, 0.2) is 11.6 Å². The third-order valence-electron chi connectivity index (χ3n) is 6.91. The van der Waals surface area contributed by atoms with Gasteiger partial charge in [-0.2, -0.15) is 0 Å². The molecule has 0 spiro atoms. The maximum Gasteiger partial charge on any atom is 0.163 e. The first kappa shape index (κ1) is 34.9. The first-order valence-corrected chi connectivity index (χ1v) is 14.0. The van der Waals surface area contributed by atoms with Gasteiger partial charge in [-0.15, -0.1) is 0 Å². The second kappa shape index (κ2) is 12.6. The van der Waals surface area contributed by atoms with Crippen LogP contribution in [0.4, 0.5) is 0 Å². The summed E-state index contributed by atoms with van der Waals surface area (Å²) in [5.74, 6) is -0.122. The molecule has 0 bridgehead atoms. The molecule has 0 radical (unpaired) electrons. The maximum atomic E-state index is 12.6. The molecular formula is C36H52O4. The predicted octanol–water partition coefficient (Wildman–Crippen LogP) is 9.49. The summed E-state index contributed by atoms with van der Waals surface area (Å²) in [6, 6.07) is 3.79. The molecule has 2 N–H and O–H groups in total. The van der Waals surface area contributed by atoms with Gasteiger partial charge in [0.25, 0.3) is 0 Å². The molecule has 0 aliphatic rings. The predicted molar refractivity (Wildman–Crippen MR) is 170 cm³/mol. The van der Waals surface area contributed by atoms with Gasteiger partial charge in [-0.1, -0.05) is 102 Å². The first-order valence-electron chi connectivity index (χ1n) is 14.0. The van der Waals surface area contributed by atoms with Crippen molar-refractivity contribution in [3.63, 3.8) is 0 Å². The van der Waals surface area contributed by atoms with Crippen LogP contribution in [0.1, 0.15) is 113 Å². The van der Waals surface area contributed by atoms with Crippen LogP contribution in [-0.2, 0) is 20.4 Å². The van der Waals surface area contributed by atoms with Crippen LogP contribution in [0.15, 0.2) is 65.5 Å². The average Bonchev–Trinajstić information content (AvgIpc) is 2.76. The van der Waals surface area contributed by atoms with Crippen molar-refractivity contribution in [3.05, 3.63) is 82.2 Å². The highest BCUT2D eigenvalue weighted by molar-refractivity contribution is 6.09. The van der Waals surface area contributed by atoms with E-state index in [0.29, 0.717) is 5.57 Å². The monoisotopic (exact) mass is 548 g/mol. The number of hydrogen-bond donors (Lipinski definition) is 2. The Kier molecular flexibility index (Phi) is 11.0. The summed E-state index contributed by atoms with van der Waals surface area (Å²) in [6.45, 7) is 30.4. The number of ketones is 2. The number of phenols is 1. The number of aliphatic hydroxyl groups excluding tert-OH is 1. The van der Waals surface area contributed by atoms with Gasteiger partial charge in [0.2, 0.25) is 0 Å². The van der Waals surface area contributed by atoms with Gasteiger partial charge in [0, 0.05) is 11.1 Å². The number of benzene rings is 1. The third-order valence-corrected chi connectivity index (χ3v) is 6.91. The molecule has 1 rings (SSSR count). The van der Waals surface area contributed by atoms with Crippen molar-refractivity contribution in [2.24, 2.45) is 10.8 Å². The lowest BCUT2D eigenvalue weighted by Crippen LogP contribution is -2.17. The summed E-state index contributed by atoms with van der Waals surface area (Å²) in [4.78, 5) is 25.2. The van der Waals surface area contributed by atoms with Gasteiger partial charge in [0.05, 0.1) is 6.42 Å². The van der Waals surface area contributed by atoms with E-state index in [2.05, 4.69) is 6.58 Å². The number of hydrogen-bond acceptors (Lipinski definition) is 4. The quantitative estimate of drug-likeness (QED) is 0.147. The third kappa shape index (κ3) is 10.1. The minimum atomic E-state index is -0.341. The van der Waals surface area contributed by atoms with Crippen molar-refractivity contribution < 1.29 is 19.8 Å². The van der Waals surface area contributed by atoms with E-state index < -0.39 is 0 Å². The van der Waals surface area contributed by atoms with Gasteiger partial charge in [-0.3, -0.25) is 9.59 Å². The molecule has 0 fully saturated rings. The molecule has 0 aliphatic heterocycles. The second-order valence-corrected chi connectivity index (χ2v) is 14.8. The minimum Gasteiger partial charge on any atom is -0.508 e. The van der Waals surface area contributed by atoms with Crippen molar-refractivity contribution in [1.82, 2.24) is 0 Å². The molecule has 0 unspecified atom stereocenters. The van der Waals surface area contributed by atoms with E-state index in [9.17, 15) is 19.8 Å². The summed E-state index contributed by atoms with van der Waals surface area (Å²) >= 11 is 0. The Morgan fingerprint density at radius 1 is 0.775 bits per heavy atom. The van der Waals surface area contributed by atoms with E-state index in [-0.39, 0.29) is 51.2 Å². The second-order valence-electron chi connectivity index (χ2n) is 14.8. The topological polar surface area (TPSA) is 74.6 Å². The molecule has 1 aromatic rings. The van der Waals surface area contributed by atoms with Crippen LogP contribution in [0.25, 0.3) is 6.08 Å². The van der Waals surface area contributed by atoms with Gasteiger partial charge in [0.1, 0.15) is 11.5 Å². The molecule has 0 heterocycles. The zero-order valence-electron chi connectivity index (χ0n) is 27.2. The molecule has 0 aromatic heterocycles. The van der Waals surface area contributed by atoms with Crippen LogP contribution >= 0.6 is 0 Å². The highest BCUT2D eigenvalue weighted by Gasteiger charge is 2.27. The van der Waals surface area contributed by atoms with Crippen molar-refractivity contribution in [1.29, 1.82) is 0 Å². The minimum absolute atomic E-state index is 0.196. The van der Waals surface area contributed by atoms with Crippen molar-refractivity contribution in [3.8, 4) is 5.75 Å². The van der Waals surface area contributed by atoms with Crippen LogP contribution < -0.4 is 0 Å². The number of carbonyl (C=O) groups excluding carboxylic acids is 2. The fourth-order valence-corrected chi connectivity index (χ4v) is 4.01. The summed E-state index contributed by atoms with van der Waals surface area (Å²) in [5, 5.41) is 21.9. The maximum absolute atomic E-state index is 12.6. The molecule has 40 heavy (non-hydrogen) atoms. The van der Waals surface area contributed by atoms with Crippen LogP contribution in [0, 0.1) is 10.8 Å². The number of rotatable bonds is 8. The Labute approximate surface area is 243 Å². The molecule has 0 saturated heterocycles. The summed E-state index contributed by atoms with van der Waals surface area (Å²) in [6.07, 6.45) is 7.59. The fraction of sp³-hybridized carbons (Fsp3) is 0.500. The molecule has 0 saturated carbocycles. The van der Waals surface area contributed by atoms with E-state index in [1.807, 2.05) is 102 Å². The highest BCUT2D eigenvalue weighted by Crippen LogP contribution is 2.40. The Hall–Kier alpha value is -3.14. The van der Waals surface area contributed by atoms with E-state index in [1.54, 1.807) is 18.2 Å². The van der Waals surface area contributed by atoms with Gasteiger partial charge in [-0.05, 0) is 81.2 Å². The SMILES string of the molecule is C=C(/C=C(\C(O)=C(/C)C(C)(C)C)C(C)(C)C)/C=C/C(=O)CC(=O)/C=C/c1cc(C(C)(C)C)c(O)c(C(C)(C)C)c1. The Morgan fingerprint density at radius 2 is 1.23 bits per heavy atom. The number of allylic oxidation sites excluding steroid dienone is 7. The summed E-state index contributed by atoms with van der Waals surface area (Å²) in [5.41, 5.74) is 3.50. The molecule has 4 heteroatoms. The Bertz CT molecular complexity index is 1220. The van der Waals surface area contributed by atoms with E-state index in [0.717, 1.165) is 27.8 Å². The number of aliphatic hydroxyl groups is 1. The Morgan fingerprint density at radius 3 is 1.62 bits per heavy atom.